The molecule has 4 N–H and O–H groups in total. The van der Waals surface area contributed by atoms with Crippen molar-refractivity contribution in [3.8, 4) is 11.5 Å². The van der Waals surface area contributed by atoms with Crippen LogP contribution in [0.1, 0.15) is 87.8 Å². The van der Waals surface area contributed by atoms with Crippen LogP contribution in [0.4, 0.5) is 0 Å². The SMILES string of the molecule is Cc1cc(CSCCC(=O)NCNC(=O)CCSCc2cc(C)c(O)c(C(C)(C)C)c2)cc(C(C)(C)C)c1O. The first-order valence-electron chi connectivity index (χ1n) is 13.4. The molecule has 0 radical (unpaired) electrons. The molecule has 0 aliphatic carbocycles. The second-order valence-corrected chi connectivity index (χ2v) is 14.3. The molecule has 0 bridgehead atoms. The maximum atomic E-state index is 12.2. The Morgan fingerprint density at radius 1 is 0.692 bits per heavy atom. The molecular formula is C31H46N2O4S2. The number of hydrogen-bond acceptors (Lipinski definition) is 6. The van der Waals surface area contributed by atoms with Gasteiger partial charge in [0.15, 0.2) is 0 Å². The highest BCUT2D eigenvalue weighted by atomic mass is 32.2. The first-order chi connectivity index (χ1) is 18.1. The summed E-state index contributed by atoms with van der Waals surface area (Å²) in [7, 11) is 0. The fourth-order valence-electron chi connectivity index (χ4n) is 4.15. The molecule has 2 aromatic rings. The van der Waals surface area contributed by atoms with Gasteiger partial charge in [-0.25, -0.2) is 0 Å². The summed E-state index contributed by atoms with van der Waals surface area (Å²) in [5.41, 5.74) is 5.62. The van der Waals surface area contributed by atoms with Crippen LogP contribution in [0.2, 0.25) is 0 Å². The van der Waals surface area contributed by atoms with Crippen molar-refractivity contribution in [2.75, 3.05) is 18.2 Å². The van der Waals surface area contributed by atoms with Gasteiger partial charge in [-0.2, -0.15) is 23.5 Å². The number of carbonyl (C=O) groups is 2. The topological polar surface area (TPSA) is 98.7 Å². The first-order valence-corrected chi connectivity index (χ1v) is 15.8. The fraction of sp³-hybridized carbons (Fsp3) is 0.548. The molecule has 2 rings (SSSR count). The number of amides is 2. The molecule has 6 nitrogen and oxygen atoms in total. The van der Waals surface area contributed by atoms with Crippen LogP contribution in [0.3, 0.4) is 0 Å². The van der Waals surface area contributed by atoms with Crippen molar-refractivity contribution < 1.29 is 19.8 Å². The maximum absolute atomic E-state index is 12.2. The normalized spacial score (nSPS) is 11.9. The standard InChI is InChI=1S/C31H46N2O4S2/c1-20-13-22(15-24(28(20)36)30(3,4)5)17-38-11-9-26(34)32-19-33-27(35)10-12-39-18-23-14-21(2)29(37)25(16-23)31(6,7)8/h13-16,36-37H,9-12,17-19H2,1-8H3,(H,32,34)(H,33,35). The van der Waals surface area contributed by atoms with Gasteiger partial charge < -0.3 is 20.8 Å². The molecule has 0 aromatic heterocycles. The minimum atomic E-state index is -0.138. The number of aromatic hydroxyl groups is 2. The number of hydrogen-bond donors (Lipinski definition) is 4. The summed E-state index contributed by atoms with van der Waals surface area (Å²) in [6.45, 7) is 16.5. The van der Waals surface area contributed by atoms with Crippen LogP contribution in [0, 0.1) is 13.8 Å². The number of nitrogens with one attached hydrogen (secondary N) is 2. The van der Waals surface area contributed by atoms with Crippen molar-refractivity contribution in [3.05, 3.63) is 57.6 Å². The van der Waals surface area contributed by atoms with E-state index >= 15 is 0 Å². The van der Waals surface area contributed by atoms with E-state index in [-0.39, 0.29) is 29.3 Å². The Balaban J connectivity index is 1.64. The van der Waals surface area contributed by atoms with Crippen molar-refractivity contribution >= 4 is 35.3 Å². The third kappa shape index (κ3) is 10.6. The van der Waals surface area contributed by atoms with Crippen LogP contribution in [0.15, 0.2) is 24.3 Å². The van der Waals surface area contributed by atoms with E-state index in [2.05, 4.69) is 64.3 Å². The fourth-order valence-corrected chi connectivity index (χ4v) is 5.90. The Hall–Kier alpha value is -2.32. The average Bonchev–Trinajstić information content (AvgIpc) is 2.82. The summed E-state index contributed by atoms with van der Waals surface area (Å²) in [5, 5.41) is 26.3. The molecule has 0 saturated carbocycles. The monoisotopic (exact) mass is 574 g/mol. The van der Waals surface area contributed by atoms with Crippen molar-refractivity contribution in [2.45, 2.75) is 90.6 Å². The van der Waals surface area contributed by atoms with Crippen LogP contribution in [-0.2, 0) is 31.9 Å². The van der Waals surface area contributed by atoms with E-state index in [1.54, 1.807) is 23.5 Å². The van der Waals surface area contributed by atoms with Gasteiger partial charge in [0.25, 0.3) is 0 Å². The Morgan fingerprint density at radius 3 is 1.38 bits per heavy atom. The highest BCUT2D eigenvalue weighted by Crippen LogP contribution is 2.36. The summed E-state index contributed by atoms with van der Waals surface area (Å²) >= 11 is 3.35. The molecule has 0 atom stereocenters. The molecule has 0 unspecified atom stereocenters. The number of aryl methyl sites for hydroxylation is 2. The Labute approximate surface area is 243 Å². The van der Waals surface area contributed by atoms with Crippen molar-refractivity contribution in [2.24, 2.45) is 0 Å². The number of rotatable bonds is 12. The number of thioether (sulfide) groups is 2. The van der Waals surface area contributed by atoms with Gasteiger partial charge in [0.1, 0.15) is 11.5 Å². The summed E-state index contributed by atoms with van der Waals surface area (Å²) in [4.78, 5) is 24.3. The van der Waals surface area contributed by atoms with E-state index in [1.807, 2.05) is 26.0 Å². The molecule has 8 heteroatoms. The van der Waals surface area contributed by atoms with E-state index in [9.17, 15) is 19.8 Å². The summed E-state index contributed by atoms with van der Waals surface area (Å²) in [6, 6.07) is 8.11. The molecule has 2 amide bonds. The zero-order valence-electron chi connectivity index (χ0n) is 24.8. The number of carbonyl (C=O) groups excluding carboxylic acids is 2. The zero-order chi connectivity index (χ0) is 29.4. The van der Waals surface area contributed by atoms with Crippen molar-refractivity contribution in [1.82, 2.24) is 10.6 Å². The Morgan fingerprint density at radius 2 is 1.05 bits per heavy atom. The minimum Gasteiger partial charge on any atom is -0.507 e. The predicted octanol–water partition coefficient (Wildman–Crippen LogP) is 6.45. The highest BCUT2D eigenvalue weighted by Gasteiger charge is 2.21. The van der Waals surface area contributed by atoms with Crippen LogP contribution in [-0.4, -0.2) is 40.2 Å². The van der Waals surface area contributed by atoms with Gasteiger partial charge in [0.05, 0.1) is 6.67 Å². The van der Waals surface area contributed by atoms with E-state index in [0.717, 1.165) is 44.9 Å². The number of phenolic OH excluding ortho intramolecular Hbond substituents is 2. The molecular weight excluding hydrogens is 528 g/mol. The Bertz CT molecular complexity index is 1060. The predicted molar refractivity (Wildman–Crippen MR) is 166 cm³/mol. The van der Waals surface area contributed by atoms with Crippen LogP contribution < -0.4 is 10.6 Å². The molecule has 0 fully saturated rings. The van der Waals surface area contributed by atoms with Crippen LogP contribution in [0.25, 0.3) is 0 Å². The molecule has 0 saturated heterocycles. The molecule has 0 heterocycles. The molecule has 0 aliphatic rings. The summed E-state index contributed by atoms with van der Waals surface area (Å²) in [5.74, 6) is 3.43. The minimum absolute atomic E-state index is 0.0909. The van der Waals surface area contributed by atoms with Crippen LogP contribution in [0.5, 0.6) is 11.5 Å². The third-order valence-corrected chi connectivity index (χ3v) is 8.45. The lowest BCUT2D eigenvalue weighted by Gasteiger charge is -2.22. The second-order valence-electron chi connectivity index (χ2n) is 12.1. The molecule has 216 valence electrons. The van der Waals surface area contributed by atoms with Gasteiger partial charge in [0.2, 0.25) is 11.8 Å². The first kappa shape index (κ1) is 32.9. The number of phenols is 2. The van der Waals surface area contributed by atoms with E-state index < -0.39 is 0 Å². The molecule has 39 heavy (non-hydrogen) atoms. The van der Waals surface area contributed by atoms with Gasteiger partial charge in [0, 0.05) is 35.9 Å². The van der Waals surface area contributed by atoms with Crippen LogP contribution >= 0.6 is 23.5 Å². The lowest BCUT2D eigenvalue weighted by atomic mass is 9.84. The number of benzene rings is 2. The van der Waals surface area contributed by atoms with Gasteiger partial charge in [-0.15, -0.1) is 0 Å². The molecule has 0 aliphatic heterocycles. The van der Waals surface area contributed by atoms with Gasteiger partial charge in [-0.1, -0.05) is 65.8 Å². The smallest absolute Gasteiger partial charge is 0.222 e. The highest BCUT2D eigenvalue weighted by molar-refractivity contribution is 7.98. The van der Waals surface area contributed by atoms with Crippen molar-refractivity contribution in [3.63, 3.8) is 0 Å². The van der Waals surface area contributed by atoms with E-state index in [0.29, 0.717) is 35.8 Å². The van der Waals surface area contributed by atoms with Gasteiger partial charge in [-0.05, 0) is 58.1 Å². The zero-order valence-corrected chi connectivity index (χ0v) is 26.4. The van der Waals surface area contributed by atoms with Gasteiger partial charge in [-0.3, -0.25) is 9.59 Å². The second kappa shape index (κ2) is 14.4. The Kier molecular flexibility index (Phi) is 12.1. The summed E-state index contributed by atoms with van der Waals surface area (Å²) in [6.07, 6.45) is 0.754. The lowest BCUT2D eigenvalue weighted by molar-refractivity contribution is -0.122. The van der Waals surface area contributed by atoms with E-state index in [1.165, 1.54) is 0 Å². The molecule has 0 spiro atoms. The average molecular weight is 575 g/mol. The maximum Gasteiger partial charge on any atom is 0.222 e. The van der Waals surface area contributed by atoms with Gasteiger partial charge >= 0.3 is 0 Å². The third-order valence-electron chi connectivity index (χ3n) is 6.39. The lowest BCUT2D eigenvalue weighted by Crippen LogP contribution is -2.37. The summed E-state index contributed by atoms with van der Waals surface area (Å²) < 4.78 is 0. The van der Waals surface area contributed by atoms with E-state index in [4.69, 9.17) is 0 Å². The largest absolute Gasteiger partial charge is 0.507 e. The quantitative estimate of drug-likeness (QED) is 0.172. The van der Waals surface area contributed by atoms with Crippen molar-refractivity contribution in [1.29, 1.82) is 0 Å². The molecule has 2 aromatic carbocycles.